The quantitative estimate of drug-likeness (QED) is 0.594. The molecular formula is C20H32N4O4. The van der Waals surface area contributed by atoms with Crippen molar-refractivity contribution in [3.63, 3.8) is 0 Å². The standard InChI is InChI=1S/C20H32N4O4/c1-5-23(6-2)11-7-10-21-20(26)22-15-12-19(25)24(14-15)16-8-9-17(27-3)18(13-16)28-4/h8-9,13,15H,5-7,10-12,14H2,1-4H3,(H2,21,22,26)/t15-/m1/s1. The Balaban J connectivity index is 1.83. The van der Waals surface area contributed by atoms with E-state index in [1.807, 2.05) is 6.07 Å². The summed E-state index contributed by atoms with van der Waals surface area (Å²) in [5.74, 6) is 1.14. The Morgan fingerprint density at radius 1 is 1.21 bits per heavy atom. The van der Waals surface area contributed by atoms with Crippen LogP contribution in [0.2, 0.25) is 0 Å². The number of hydrogen-bond acceptors (Lipinski definition) is 5. The second-order valence-electron chi connectivity index (χ2n) is 6.73. The number of rotatable bonds is 10. The third kappa shape index (κ3) is 5.76. The first-order valence-electron chi connectivity index (χ1n) is 9.81. The van der Waals surface area contributed by atoms with E-state index in [0.29, 0.717) is 24.6 Å². The van der Waals surface area contributed by atoms with Crippen molar-refractivity contribution in [3.05, 3.63) is 18.2 Å². The molecule has 1 aromatic carbocycles. The number of anilines is 1. The predicted molar refractivity (Wildman–Crippen MR) is 109 cm³/mol. The number of nitrogens with one attached hydrogen (secondary N) is 2. The Morgan fingerprint density at radius 2 is 1.93 bits per heavy atom. The third-order valence-electron chi connectivity index (χ3n) is 4.97. The Morgan fingerprint density at radius 3 is 2.57 bits per heavy atom. The largest absolute Gasteiger partial charge is 0.493 e. The van der Waals surface area contributed by atoms with Crippen LogP contribution < -0.4 is 25.0 Å². The zero-order valence-electron chi connectivity index (χ0n) is 17.3. The van der Waals surface area contributed by atoms with Crippen molar-refractivity contribution in [1.29, 1.82) is 0 Å². The molecule has 8 nitrogen and oxygen atoms in total. The SMILES string of the molecule is CCN(CC)CCCNC(=O)N[C@@H]1CC(=O)N(c2ccc(OC)c(OC)c2)C1. The topological polar surface area (TPSA) is 83.1 Å². The molecule has 0 spiro atoms. The number of amides is 3. The van der Waals surface area contributed by atoms with Crippen LogP contribution in [0.25, 0.3) is 0 Å². The Kier molecular flexibility index (Phi) is 8.38. The molecule has 0 aliphatic carbocycles. The minimum absolute atomic E-state index is 0.0287. The van der Waals surface area contributed by atoms with Gasteiger partial charge in [0, 0.05) is 31.3 Å². The second kappa shape index (κ2) is 10.8. The van der Waals surface area contributed by atoms with E-state index in [1.54, 1.807) is 31.3 Å². The van der Waals surface area contributed by atoms with E-state index in [4.69, 9.17) is 9.47 Å². The molecule has 1 fully saturated rings. The molecule has 1 atom stereocenters. The molecule has 3 amide bonds. The number of hydrogen-bond donors (Lipinski definition) is 2. The molecule has 1 aliphatic rings. The number of benzene rings is 1. The van der Waals surface area contributed by atoms with Gasteiger partial charge in [-0.25, -0.2) is 4.79 Å². The smallest absolute Gasteiger partial charge is 0.315 e. The lowest BCUT2D eigenvalue weighted by Crippen LogP contribution is -2.44. The van der Waals surface area contributed by atoms with Gasteiger partial charge in [0.05, 0.1) is 20.3 Å². The van der Waals surface area contributed by atoms with Gasteiger partial charge < -0.3 is 29.9 Å². The van der Waals surface area contributed by atoms with Gasteiger partial charge in [0.25, 0.3) is 0 Å². The average Bonchev–Trinajstić information content (AvgIpc) is 3.07. The lowest BCUT2D eigenvalue weighted by atomic mass is 10.2. The summed E-state index contributed by atoms with van der Waals surface area (Å²) in [6.07, 6.45) is 1.18. The molecule has 0 saturated carbocycles. The molecule has 28 heavy (non-hydrogen) atoms. The van der Waals surface area contributed by atoms with Crippen LogP contribution >= 0.6 is 0 Å². The summed E-state index contributed by atoms with van der Waals surface area (Å²) in [5, 5.41) is 5.77. The molecule has 0 bridgehead atoms. The van der Waals surface area contributed by atoms with Crippen LogP contribution in [0, 0.1) is 0 Å². The molecule has 1 aliphatic heterocycles. The van der Waals surface area contributed by atoms with Crippen molar-refractivity contribution in [2.24, 2.45) is 0 Å². The van der Waals surface area contributed by atoms with E-state index < -0.39 is 0 Å². The van der Waals surface area contributed by atoms with Crippen LogP contribution in [0.1, 0.15) is 26.7 Å². The predicted octanol–water partition coefficient (Wildman–Crippen LogP) is 1.84. The molecule has 1 aromatic rings. The highest BCUT2D eigenvalue weighted by atomic mass is 16.5. The number of urea groups is 1. The minimum Gasteiger partial charge on any atom is -0.493 e. The summed E-state index contributed by atoms with van der Waals surface area (Å²) >= 11 is 0. The summed E-state index contributed by atoms with van der Waals surface area (Å²) in [4.78, 5) is 28.5. The van der Waals surface area contributed by atoms with Crippen molar-refractivity contribution >= 4 is 17.6 Å². The maximum atomic E-state index is 12.4. The van der Waals surface area contributed by atoms with E-state index in [9.17, 15) is 9.59 Å². The fourth-order valence-corrected chi connectivity index (χ4v) is 3.33. The first-order chi connectivity index (χ1) is 13.5. The number of ether oxygens (including phenoxy) is 2. The maximum Gasteiger partial charge on any atom is 0.315 e. The average molecular weight is 393 g/mol. The number of nitrogens with zero attached hydrogens (tertiary/aromatic N) is 2. The maximum absolute atomic E-state index is 12.4. The number of carbonyl (C=O) groups excluding carboxylic acids is 2. The first-order valence-corrected chi connectivity index (χ1v) is 9.81. The second-order valence-corrected chi connectivity index (χ2v) is 6.73. The van der Waals surface area contributed by atoms with E-state index in [1.165, 1.54) is 0 Å². The van der Waals surface area contributed by atoms with Crippen LogP contribution in [0.5, 0.6) is 11.5 Å². The highest BCUT2D eigenvalue weighted by molar-refractivity contribution is 5.97. The van der Waals surface area contributed by atoms with Crippen molar-refractivity contribution in [3.8, 4) is 11.5 Å². The lowest BCUT2D eigenvalue weighted by Gasteiger charge is -2.19. The molecule has 1 heterocycles. The summed E-state index contributed by atoms with van der Waals surface area (Å²) in [7, 11) is 3.13. The van der Waals surface area contributed by atoms with Crippen LogP contribution in [-0.4, -0.2) is 69.8 Å². The molecule has 2 N–H and O–H groups in total. The highest BCUT2D eigenvalue weighted by Gasteiger charge is 2.32. The lowest BCUT2D eigenvalue weighted by molar-refractivity contribution is -0.117. The van der Waals surface area contributed by atoms with Gasteiger partial charge in [0.2, 0.25) is 5.91 Å². The van der Waals surface area contributed by atoms with Crippen molar-refractivity contribution < 1.29 is 19.1 Å². The van der Waals surface area contributed by atoms with E-state index >= 15 is 0 Å². The molecule has 1 saturated heterocycles. The molecule has 0 radical (unpaired) electrons. The summed E-state index contributed by atoms with van der Waals surface area (Å²) in [6.45, 7) is 8.29. The minimum atomic E-state index is -0.230. The highest BCUT2D eigenvalue weighted by Crippen LogP contribution is 2.33. The normalized spacial score (nSPS) is 16.4. The monoisotopic (exact) mass is 392 g/mol. The fraction of sp³-hybridized carbons (Fsp3) is 0.600. The van der Waals surface area contributed by atoms with Gasteiger partial charge in [-0.15, -0.1) is 0 Å². The van der Waals surface area contributed by atoms with Gasteiger partial charge in [-0.1, -0.05) is 13.8 Å². The summed E-state index contributed by atoms with van der Waals surface area (Å²) in [6, 6.07) is 4.90. The van der Waals surface area contributed by atoms with E-state index in [-0.39, 0.29) is 24.4 Å². The Labute approximate surface area is 167 Å². The van der Waals surface area contributed by atoms with Crippen molar-refractivity contribution in [2.75, 3.05) is 51.8 Å². The van der Waals surface area contributed by atoms with Gasteiger partial charge in [-0.3, -0.25) is 4.79 Å². The van der Waals surface area contributed by atoms with Crippen LogP contribution in [-0.2, 0) is 4.79 Å². The van der Waals surface area contributed by atoms with Crippen molar-refractivity contribution in [1.82, 2.24) is 15.5 Å². The first kappa shape index (κ1) is 21.8. The molecule has 8 heteroatoms. The van der Waals surface area contributed by atoms with E-state index in [2.05, 4.69) is 29.4 Å². The van der Waals surface area contributed by atoms with Gasteiger partial charge >= 0.3 is 6.03 Å². The Bertz CT molecular complexity index is 664. The molecular weight excluding hydrogens is 360 g/mol. The van der Waals surface area contributed by atoms with E-state index in [0.717, 1.165) is 31.7 Å². The van der Waals surface area contributed by atoms with Gasteiger partial charge in [0.15, 0.2) is 11.5 Å². The van der Waals surface area contributed by atoms with Crippen LogP contribution in [0.3, 0.4) is 0 Å². The number of methoxy groups -OCH3 is 2. The van der Waals surface area contributed by atoms with Crippen LogP contribution in [0.4, 0.5) is 10.5 Å². The zero-order valence-corrected chi connectivity index (χ0v) is 17.3. The van der Waals surface area contributed by atoms with Gasteiger partial charge in [-0.2, -0.15) is 0 Å². The van der Waals surface area contributed by atoms with Gasteiger partial charge in [-0.05, 0) is 38.2 Å². The fourth-order valence-electron chi connectivity index (χ4n) is 3.33. The van der Waals surface area contributed by atoms with Crippen LogP contribution in [0.15, 0.2) is 18.2 Å². The molecule has 0 aromatic heterocycles. The van der Waals surface area contributed by atoms with Crippen molar-refractivity contribution in [2.45, 2.75) is 32.7 Å². The summed E-state index contributed by atoms with van der Waals surface area (Å²) in [5.41, 5.74) is 0.728. The summed E-state index contributed by atoms with van der Waals surface area (Å²) < 4.78 is 10.5. The number of carbonyl (C=O) groups is 2. The van der Waals surface area contributed by atoms with Gasteiger partial charge in [0.1, 0.15) is 0 Å². The molecule has 0 unspecified atom stereocenters. The third-order valence-corrected chi connectivity index (χ3v) is 4.97. The molecule has 2 rings (SSSR count). The zero-order chi connectivity index (χ0) is 20.5. The molecule has 156 valence electrons. The Hall–Kier alpha value is -2.48.